The van der Waals surface area contributed by atoms with Crippen molar-refractivity contribution in [3.8, 4) is 0 Å². The van der Waals surface area contributed by atoms with Crippen LogP contribution in [0.3, 0.4) is 0 Å². The lowest BCUT2D eigenvalue weighted by atomic mass is 10.2. The molecule has 3 nitrogen and oxygen atoms in total. The monoisotopic (exact) mass is 255 g/mol. The van der Waals surface area contributed by atoms with Crippen molar-refractivity contribution in [2.75, 3.05) is 10.6 Å². The molecule has 0 aromatic heterocycles. The summed E-state index contributed by atoms with van der Waals surface area (Å²) in [6.45, 7) is 0. The van der Waals surface area contributed by atoms with Gasteiger partial charge in [0.15, 0.2) is 0 Å². The van der Waals surface area contributed by atoms with Crippen LogP contribution in [0.25, 0.3) is 0 Å². The van der Waals surface area contributed by atoms with Gasteiger partial charge < -0.3 is 5.32 Å². The number of anilines is 1. The van der Waals surface area contributed by atoms with E-state index in [-0.39, 0.29) is 6.42 Å². The lowest BCUT2D eigenvalue weighted by Crippen LogP contribution is -2.22. The molecule has 0 unspecified atom stereocenters. The number of Topliss-reactive ketones (excluding diaryl/α,β-unsaturated/α-hetero) is 1. The Morgan fingerprint density at radius 2 is 1.86 bits per heavy atom. The first-order valence-corrected chi connectivity index (χ1v) is 5.31. The summed E-state index contributed by atoms with van der Waals surface area (Å²) in [6, 6.07) is 8.91. The Bertz CT molecular complexity index is 324. The van der Waals surface area contributed by atoms with Gasteiger partial charge in [0.05, 0.1) is 0 Å². The molecule has 0 spiro atoms. The summed E-state index contributed by atoms with van der Waals surface area (Å²) in [5.41, 5.74) is 0.639. The van der Waals surface area contributed by atoms with Crippen molar-refractivity contribution < 1.29 is 9.59 Å². The average molecular weight is 256 g/mol. The molecule has 0 saturated carbocycles. The van der Waals surface area contributed by atoms with E-state index in [9.17, 15) is 9.59 Å². The number of alkyl halides is 1. The molecule has 0 aliphatic heterocycles. The third-order valence-corrected chi connectivity index (χ3v) is 2.00. The third kappa shape index (κ3) is 3.30. The Labute approximate surface area is 90.6 Å². The molecule has 0 bridgehead atoms. The van der Waals surface area contributed by atoms with E-state index in [1.807, 2.05) is 6.07 Å². The van der Waals surface area contributed by atoms with Crippen LogP contribution >= 0.6 is 15.9 Å². The van der Waals surface area contributed by atoms with E-state index in [0.29, 0.717) is 11.0 Å². The number of hydrogen-bond acceptors (Lipinski definition) is 2. The van der Waals surface area contributed by atoms with Crippen LogP contribution in [0.5, 0.6) is 0 Å². The van der Waals surface area contributed by atoms with Crippen LogP contribution in [0.1, 0.15) is 6.42 Å². The number of nitrogens with one attached hydrogen (secondary N) is 1. The highest BCUT2D eigenvalue weighted by atomic mass is 79.9. The molecule has 74 valence electrons. The van der Waals surface area contributed by atoms with Crippen LogP contribution in [0.4, 0.5) is 5.69 Å². The van der Waals surface area contributed by atoms with Crippen molar-refractivity contribution in [3.05, 3.63) is 30.3 Å². The highest BCUT2D eigenvalue weighted by Crippen LogP contribution is 2.05. The third-order valence-electron chi connectivity index (χ3n) is 1.61. The molecule has 1 aromatic carbocycles. The summed E-state index contributed by atoms with van der Waals surface area (Å²) in [7, 11) is 0. The average Bonchev–Trinajstić information content (AvgIpc) is 2.19. The Morgan fingerprint density at radius 3 is 2.43 bits per heavy atom. The highest BCUT2D eigenvalue weighted by molar-refractivity contribution is 9.09. The number of ketones is 1. The fraction of sp³-hybridized carbons (Fsp3) is 0.200. The van der Waals surface area contributed by atoms with E-state index in [4.69, 9.17) is 0 Å². The van der Waals surface area contributed by atoms with E-state index in [0.717, 1.165) is 0 Å². The van der Waals surface area contributed by atoms with Gasteiger partial charge in [0.1, 0.15) is 0 Å². The number of para-hydroxylation sites is 1. The molecule has 0 heterocycles. The molecule has 0 saturated heterocycles. The fourth-order valence-electron chi connectivity index (χ4n) is 0.922. The van der Waals surface area contributed by atoms with Gasteiger partial charge in [-0.05, 0) is 12.1 Å². The van der Waals surface area contributed by atoms with Gasteiger partial charge >= 0.3 is 0 Å². The van der Waals surface area contributed by atoms with Gasteiger partial charge in [0.2, 0.25) is 5.78 Å². The standard InChI is InChI=1S/C10H10BrNO2/c11-7-6-9(13)10(14)12-8-4-2-1-3-5-8/h1-5H,6-7H2,(H,12,14). The predicted octanol–water partition coefficient (Wildman–Crippen LogP) is 1.98. The van der Waals surface area contributed by atoms with E-state index < -0.39 is 11.7 Å². The van der Waals surface area contributed by atoms with Gasteiger partial charge in [-0.1, -0.05) is 34.1 Å². The number of halogens is 1. The van der Waals surface area contributed by atoms with Crippen molar-refractivity contribution in [1.82, 2.24) is 0 Å². The van der Waals surface area contributed by atoms with Gasteiger partial charge in [0, 0.05) is 17.4 Å². The smallest absolute Gasteiger partial charge is 0.291 e. The summed E-state index contributed by atoms with van der Waals surface area (Å²) in [5.74, 6) is -0.971. The van der Waals surface area contributed by atoms with Gasteiger partial charge in [-0.15, -0.1) is 0 Å². The van der Waals surface area contributed by atoms with Crippen LogP contribution in [-0.4, -0.2) is 17.0 Å². The summed E-state index contributed by atoms with van der Waals surface area (Å²) in [5, 5.41) is 3.03. The largest absolute Gasteiger partial charge is 0.319 e. The topological polar surface area (TPSA) is 46.2 Å². The molecule has 0 aliphatic rings. The molecule has 1 amide bonds. The zero-order valence-electron chi connectivity index (χ0n) is 7.50. The van der Waals surface area contributed by atoms with Gasteiger partial charge in [0.25, 0.3) is 5.91 Å². The molecular formula is C10H10BrNO2. The second kappa shape index (κ2) is 5.54. The molecule has 1 N–H and O–H groups in total. The first kappa shape index (κ1) is 10.9. The van der Waals surface area contributed by atoms with Crippen LogP contribution in [0, 0.1) is 0 Å². The number of hydrogen-bond donors (Lipinski definition) is 1. The minimum Gasteiger partial charge on any atom is -0.319 e. The minimum absolute atomic E-state index is 0.221. The first-order valence-electron chi connectivity index (χ1n) is 4.19. The van der Waals surface area contributed by atoms with E-state index >= 15 is 0 Å². The van der Waals surface area contributed by atoms with Crippen molar-refractivity contribution in [2.24, 2.45) is 0 Å². The molecule has 4 heteroatoms. The van der Waals surface area contributed by atoms with Crippen molar-refractivity contribution in [3.63, 3.8) is 0 Å². The van der Waals surface area contributed by atoms with Crippen molar-refractivity contribution in [2.45, 2.75) is 6.42 Å². The molecule has 0 atom stereocenters. The molecule has 1 aromatic rings. The number of benzene rings is 1. The van der Waals surface area contributed by atoms with Crippen LogP contribution in [0.15, 0.2) is 30.3 Å². The zero-order valence-corrected chi connectivity index (χ0v) is 9.08. The quantitative estimate of drug-likeness (QED) is 0.661. The second-order valence-corrected chi connectivity index (χ2v) is 3.48. The van der Waals surface area contributed by atoms with Gasteiger partial charge in [-0.3, -0.25) is 9.59 Å². The fourth-order valence-corrected chi connectivity index (χ4v) is 1.28. The molecule has 14 heavy (non-hydrogen) atoms. The maximum Gasteiger partial charge on any atom is 0.291 e. The Balaban J connectivity index is 2.53. The zero-order chi connectivity index (χ0) is 10.4. The summed E-state index contributed by atoms with van der Waals surface area (Å²) in [4.78, 5) is 22.3. The molecular weight excluding hydrogens is 246 g/mol. The first-order chi connectivity index (χ1) is 6.74. The Kier molecular flexibility index (Phi) is 4.32. The van der Waals surface area contributed by atoms with E-state index in [1.165, 1.54) is 0 Å². The summed E-state index contributed by atoms with van der Waals surface area (Å²) >= 11 is 3.10. The Morgan fingerprint density at radius 1 is 1.21 bits per heavy atom. The van der Waals surface area contributed by atoms with Crippen molar-refractivity contribution in [1.29, 1.82) is 0 Å². The minimum atomic E-state index is -0.560. The molecule has 0 aliphatic carbocycles. The Hall–Kier alpha value is -1.16. The lowest BCUT2D eigenvalue weighted by Gasteiger charge is -2.02. The molecule has 0 radical (unpaired) electrons. The van der Waals surface area contributed by atoms with Crippen LogP contribution < -0.4 is 5.32 Å². The normalized spacial score (nSPS) is 9.50. The van der Waals surface area contributed by atoms with Crippen molar-refractivity contribution >= 4 is 33.3 Å². The highest BCUT2D eigenvalue weighted by Gasteiger charge is 2.11. The number of amides is 1. The van der Waals surface area contributed by atoms with E-state index in [2.05, 4.69) is 21.2 Å². The maximum absolute atomic E-state index is 11.2. The molecule has 1 rings (SSSR count). The lowest BCUT2D eigenvalue weighted by molar-refractivity contribution is -0.134. The summed E-state index contributed by atoms with van der Waals surface area (Å²) < 4.78 is 0. The van der Waals surface area contributed by atoms with Crippen LogP contribution in [0.2, 0.25) is 0 Å². The SMILES string of the molecule is O=C(CCBr)C(=O)Nc1ccccc1. The number of carbonyl (C=O) groups is 2. The molecule has 0 fully saturated rings. The van der Waals surface area contributed by atoms with Gasteiger partial charge in [-0.2, -0.15) is 0 Å². The summed E-state index contributed by atoms with van der Waals surface area (Å²) in [6.07, 6.45) is 0.221. The van der Waals surface area contributed by atoms with Crippen LogP contribution in [-0.2, 0) is 9.59 Å². The second-order valence-electron chi connectivity index (χ2n) is 2.68. The predicted molar refractivity (Wildman–Crippen MR) is 58.5 cm³/mol. The number of rotatable bonds is 4. The number of carbonyl (C=O) groups excluding carboxylic acids is 2. The van der Waals surface area contributed by atoms with E-state index in [1.54, 1.807) is 24.3 Å². The van der Waals surface area contributed by atoms with Gasteiger partial charge in [-0.25, -0.2) is 0 Å². The maximum atomic E-state index is 11.2.